The molecule has 7 nitrogen and oxygen atoms in total. The van der Waals surface area contributed by atoms with Gasteiger partial charge in [-0.2, -0.15) is 0 Å². The van der Waals surface area contributed by atoms with Crippen molar-refractivity contribution in [2.75, 3.05) is 24.7 Å². The van der Waals surface area contributed by atoms with Crippen molar-refractivity contribution < 1.29 is 18.0 Å². The van der Waals surface area contributed by atoms with Gasteiger partial charge >= 0.3 is 0 Å². The van der Waals surface area contributed by atoms with Crippen LogP contribution in [-0.2, 0) is 14.6 Å². The van der Waals surface area contributed by atoms with Gasteiger partial charge in [0.25, 0.3) is 5.91 Å². The Labute approximate surface area is 176 Å². The summed E-state index contributed by atoms with van der Waals surface area (Å²) in [5, 5.41) is 5.18. The lowest BCUT2D eigenvalue weighted by atomic mass is 9.96. The fourth-order valence-corrected chi connectivity index (χ4v) is 5.62. The number of piperidine rings is 1. The molecular formula is C19H19N3O4S3. The molecule has 0 unspecified atom stereocenters. The van der Waals surface area contributed by atoms with E-state index in [-0.39, 0.29) is 22.6 Å². The number of aromatic nitrogens is 1. The molecule has 1 saturated heterocycles. The molecule has 1 N–H and O–H groups in total. The van der Waals surface area contributed by atoms with Crippen LogP contribution in [-0.4, -0.2) is 49.5 Å². The molecule has 1 fully saturated rings. The number of benzene rings is 1. The molecule has 4 rings (SSSR count). The van der Waals surface area contributed by atoms with E-state index in [1.807, 2.05) is 17.5 Å². The topological polar surface area (TPSA) is 96.4 Å². The molecule has 0 saturated carbocycles. The van der Waals surface area contributed by atoms with E-state index in [1.165, 1.54) is 28.7 Å². The molecule has 1 aliphatic rings. The lowest BCUT2D eigenvalue weighted by molar-refractivity contribution is -0.121. The monoisotopic (exact) mass is 449 g/mol. The smallest absolute Gasteiger partial charge is 0.263 e. The van der Waals surface area contributed by atoms with Gasteiger partial charge in [-0.05, 0) is 42.5 Å². The summed E-state index contributed by atoms with van der Waals surface area (Å²) in [7, 11) is -3.29. The van der Waals surface area contributed by atoms with Crippen molar-refractivity contribution in [3.8, 4) is 0 Å². The number of carbonyl (C=O) groups excluding carboxylic acids is 2. The van der Waals surface area contributed by atoms with Crippen LogP contribution in [0.2, 0.25) is 0 Å². The molecule has 1 aliphatic heterocycles. The van der Waals surface area contributed by atoms with Gasteiger partial charge in [0.05, 0.1) is 20.0 Å². The van der Waals surface area contributed by atoms with Gasteiger partial charge in [-0.1, -0.05) is 17.4 Å². The Bertz CT molecular complexity index is 1160. The maximum absolute atomic E-state index is 12.6. The van der Waals surface area contributed by atoms with Gasteiger partial charge < -0.3 is 10.2 Å². The van der Waals surface area contributed by atoms with E-state index in [0.29, 0.717) is 41.3 Å². The third-order valence-corrected chi connectivity index (χ3v) is 7.80. The Morgan fingerprint density at radius 3 is 2.62 bits per heavy atom. The van der Waals surface area contributed by atoms with Crippen LogP contribution in [0.1, 0.15) is 22.5 Å². The second kappa shape index (κ2) is 7.85. The number of hydrogen-bond acceptors (Lipinski definition) is 7. The van der Waals surface area contributed by atoms with Gasteiger partial charge in [-0.15, -0.1) is 11.3 Å². The van der Waals surface area contributed by atoms with Gasteiger partial charge in [-0.3, -0.25) is 9.59 Å². The first-order valence-electron chi connectivity index (χ1n) is 9.05. The molecular weight excluding hydrogens is 430 g/mol. The summed E-state index contributed by atoms with van der Waals surface area (Å²) in [5.74, 6) is -0.275. The lowest BCUT2D eigenvalue weighted by Crippen LogP contribution is -2.41. The van der Waals surface area contributed by atoms with Crippen LogP contribution >= 0.6 is 22.7 Å². The number of thiophene rings is 1. The molecule has 3 heterocycles. The average molecular weight is 450 g/mol. The Morgan fingerprint density at radius 2 is 1.97 bits per heavy atom. The van der Waals surface area contributed by atoms with Crippen LogP contribution in [0.15, 0.2) is 40.6 Å². The number of hydrogen-bond donors (Lipinski definition) is 1. The van der Waals surface area contributed by atoms with E-state index in [4.69, 9.17) is 0 Å². The number of nitrogens with one attached hydrogen (secondary N) is 1. The third-order valence-electron chi connectivity index (χ3n) is 4.90. The van der Waals surface area contributed by atoms with E-state index >= 15 is 0 Å². The Morgan fingerprint density at radius 1 is 1.21 bits per heavy atom. The number of amides is 2. The predicted molar refractivity (Wildman–Crippen MR) is 114 cm³/mol. The number of sulfone groups is 1. The highest BCUT2D eigenvalue weighted by Gasteiger charge is 2.28. The number of fused-ring (bicyclic) bond motifs is 1. The molecule has 0 aliphatic carbocycles. The Kier molecular flexibility index (Phi) is 5.41. The second-order valence-electron chi connectivity index (χ2n) is 6.95. The van der Waals surface area contributed by atoms with Gasteiger partial charge in [0.1, 0.15) is 0 Å². The predicted octanol–water partition coefficient (Wildman–Crippen LogP) is 3.25. The van der Waals surface area contributed by atoms with Gasteiger partial charge in [0.15, 0.2) is 15.0 Å². The minimum absolute atomic E-state index is 0.0201. The summed E-state index contributed by atoms with van der Waals surface area (Å²) < 4.78 is 24.1. The van der Waals surface area contributed by atoms with Gasteiger partial charge in [-0.25, -0.2) is 13.4 Å². The quantitative estimate of drug-likeness (QED) is 0.660. The third kappa shape index (κ3) is 4.34. The number of rotatable bonds is 4. The lowest BCUT2D eigenvalue weighted by Gasteiger charge is -2.30. The van der Waals surface area contributed by atoms with E-state index in [0.717, 1.165) is 11.1 Å². The van der Waals surface area contributed by atoms with Crippen molar-refractivity contribution in [1.29, 1.82) is 0 Å². The molecule has 152 valence electrons. The number of carbonyl (C=O) groups is 2. The number of thiazole rings is 1. The molecule has 10 heteroatoms. The van der Waals surface area contributed by atoms with E-state index < -0.39 is 9.84 Å². The first kappa shape index (κ1) is 20.0. The maximum atomic E-state index is 12.6. The van der Waals surface area contributed by atoms with Crippen LogP contribution < -0.4 is 5.32 Å². The highest BCUT2D eigenvalue weighted by molar-refractivity contribution is 7.90. The molecule has 0 bridgehead atoms. The normalized spacial score (nSPS) is 15.6. The molecule has 0 spiro atoms. The zero-order valence-corrected chi connectivity index (χ0v) is 18.1. The molecule has 3 aromatic rings. The molecule has 0 radical (unpaired) electrons. The van der Waals surface area contributed by atoms with Crippen molar-refractivity contribution in [3.05, 3.63) is 40.6 Å². The highest BCUT2D eigenvalue weighted by Crippen LogP contribution is 2.29. The maximum Gasteiger partial charge on any atom is 0.263 e. The van der Waals surface area contributed by atoms with Crippen LogP contribution in [0, 0.1) is 5.92 Å². The first-order valence-corrected chi connectivity index (χ1v) is 12.6. The first-order chi connectivity index (χ1) is 13.8. The standard InChI is InChI=1S/C19H19N3O4S3/c1-29(25,26)13-4-5-14-16(11-13)28-19(20-14)21-17(23)12-6-8-22(9-7-12)18(24)15-3-2-10-27-15/h2-5,10-12H,6-9H2,1H3,(H,20,21,23). The average Bonchev–Trinajstić information content (AvgIpc) is 3.35. The summed E-state index contributed by atoms with van der Waals surface area (Å²) in [6.07, 6.45) is 2.37. The van der Waals surface area contributed by atoms with E-state index in [1.54, 1.807) is 17.0 Å². The number of likely N-dealkylation sites (tertiary alicyclic amines) is 1. The summed E-state index contributed by atoms with van der Waals surface area (Å²) in [6.45, 7) is 1.10. The number of nitrogens with zero attached hydrogens (tertiary/aromatic N) is 2. The van der Waals surface area contributed by atoms with Crippen molar-refractivity contribution >= 4 is 59.7 Å². The van der Waals surface area contributed by atoms with E-state index in [2.05, 4.69) is 10.3 Å². The number of anilines is 1. The van der Waals surface area contributed by atoms with Crippen molar-refractivity contribution in [1.82, 2.24) is 9.88 Å². The summed E-state index contributed by atoms with van der Waals surface area (Å²) in [5.41, 5.74) is 0.647. The summed E-state index contributed by atoms with van der Waals surface area (Å²) in [6, 6.07) is 8.41. The summed E-state index contributed by atoms with van der Waals surface area (Å²) in [4.78, 5) is 32.2. The Hall–Kier alpha value is -2.30. The van der Waals surface area contributed by atoms with Gasteiger partial charge in [0, 0.05) is 25.3 Å². The van der Waals surface area contributed by atoms with Crippen LogP contribution in [0.3, 0.4) is 0 Å². The van der Waals surface area contributed by atoms with Crippen molar-refractivity contribution in [3.63, 3.8) is 0 Å². The Balaban J connectivity index is 1.39. The fourth-order valence-electron chi connectivity index (χ4n) is 3.30. The van der Waals surface area contributed by atoms with E-state index in [9.17, 15) is 18.0 Å². The van der Waals surface area contributed by atoms with Crippen molar-refractivity contribution in [2.45, 2.75) is 17.7 Å². The zero-order chi connectivity index (χ0) is 20.6. The highest BCUT2D eigenvalue weighted by atomic mass is 32.2. The van der Waals surface area contributed by atoms with Crippen molar-refractivity contribution in [2.24, 2.45) is 5.92 Å². The summed E-state index contributed by atoms with van der Waals surface area (Å²) >= 11 is 2.68. The minimum atomic E-state index is -3.29. The van der Waals surface area contributed by atoms with Gasteiger partial charge in [0.2, 0.25) is 5.91 Å². The fraction of sp³-hybridized carbons (Fsp3) is 0.316. The van der Waals surface area contributed by atoms with Crippen LogP contribution in [0.5, 0.6) is 0 Å². The van der Waals surface area contributed by atoms with Crippen LogP contribution in [0.25, 0.3) is 10.2 Å². The minimum Gasteiger partial charge on any atom is -0.338 e. The molecule has 1 aromatic carbocycles. The largest absolute Gasteiger partial charge is 0.338 e. The van der Waals surface area contributed by atoms with Crippen LogP contribution in [0.4, 0.5) is 5.13 Å². The molecule has 2 aromatic heterocycles. The SMILES string of the molecule is CS(=O)(=O)c1ccc2nc(NC(=O)C3CCN(C(=O)c4cccs4)CC3)sc2c1. The zero-order valence-electron chi connectivity index (χ0n) is 15.6. The molecule has 29 heavy (non-hydrogen) atoms. The molecule has 0 atom stereocenters. The second-order valence-corrected chi connectivity index (χ2v) is 10.9. The molecule has 2 amide bonds.